The van der Waals surface area contributed by atoms with Crippen LogP contribution in [0.2, 0.25) is 0 Å². The van der Waals surface area contributed by atoms with Gasteiger partial charge in [-0.1, -0.05) is 6.92 Å². The molecule has 24 heavy (non-hydrogen) atoms. The van der Waals surface area contributed by atoms with Gasteiger partial charge < -0.3 is 14.8 Å². The zero-order valence-electron chi connectivity index (χ0n) is 14.0. The summed E-state index contributed by atoms with van der Waals surface area (Å²) in [5.41, 5.74) is 1.23. The number of amides is 1. The largest absolute Gasteiger partial charge is 0.493 e. The molecule has 1 aromatic carbocycles. The van der Waals surface area contributed by atoms with Crippen LogP contribution in [-0.4, -0.2) is 35.7 Å². The lowest BCUT2D eigenvalue weighted by Gasteiger charge is -2.13. The Balaban J connectivity index is 2.39. The molecule has 2 rings (SSSR count). The number of ether oxygens (including phenoxy) is 2. The van der Waals surface area contributed by atoms with Crippen LogP contribution in [-0.2, 0) is 4.79 Å². The van der Waals surface area contributed by atoms with Crippen molar-refractivity contribution in [3.05, 3.63) is 27.9 Å². The topological polar surface area (TPSA) is 50.8 Å². The predicted molar refractivity (Wildman–Crippen MR) is 102 cm³/mol. The minimum atomic E-state index is -0.116. The average Bonchev–Trinajstić information content (AvgIpc) is 2.80. The van der Waals surface area contributed by atoms with E-state index in [0.29, 0.717) is 42.1 Å². The second kappa shape index (κ2) is 8.48. The number of carbonyl (C=O) groups excluding carboxylic acids is 1. The maximum atomic E-state index is 12.5. The smallest absolute Gasteiger partial charge is 0.276 e. The molecule has 1 saturated heterocycles. The van der Waals surface area contributed by atoms with Crippen molar-refractivity contribution in [2.75, 3.05) is 19.8 Å². The lowest BCUT2D eigenvalue weighted by Crippen LogP contribution is -2.31. The van der Waals surface area contributed by atoms with Crippen molar-refractivity contribution in [1.29, 1.82) is 0 Å². The second-order valence-electron chi connectivity index (χ2n) is 5.13. The van der Waals surface area contributed by atoms with Crippen LogP contribution in [0.1, 0.15) is 32.8 Å². The van der Waals surface area contributed by atoms with Gasteiger partial charge in [-0.05, 0) is 60.6 Å². The van der Waals surface area contributed by atoms with Crippen LogP contribution >= 0.6 is 28.1 Å². The summed E-state index contributed by atoms with van der Waals surface area (Å²) >= 11 is 8.73. The van der Waals surface area contributed by atoms with E-state index >= 15 is 0 Å². The highest BCUT2D eigenvalue weighted by Crippen LogP contribution is 2.34. The number of nitrogens with one attached hydrogen (secondary N) is 1. The average molecular weight is 413 g/mol. The molecule has 1 amide bonds. The number of hydrogen-bond acceptors (Lipinski definition) is 4. The Morgan fingerprint density at radius 3 is 2.50 bits per heavy atom. The first kappa shape index (κ1) is 18.7. The number of carbonyl (C=O) groups is 1. The number of rotatable bonds is 7. The van der Waals surface area contributed by atoms with Gasteiger partial charge in [-0.3, -0.25) is 9.69 Å². The highest BCUT2D eigenvalue weighted by Gasteiger charge is 2.30. The molecule has 0 atom stereocenters. The number of hydrogen-bond donors (Lipinski definition) is 1. The van der Waals surface area contributed by atoms with Crippen LogP contribution in [0.4, 0.5) is 0 Å². The van der Waals surface area contributed by atoms with Crippen molar-refractivity contribution in [1.82, 2.24) is 10.2 Å². The minimum Gasteiger partial charge on any atom is -0.493 e. The summed E-state index contributed by atoms with van der Waals surface area (Å²) in [4.78, 5) is 14.0. The van der Waals surface area contributed by atoms with Gasteiger partial charge in [0.15, 0.2) is 5.11 Å². The molecule has 0 radical (unpaired) electrons. The summed E-state index contributed by atoms with van der Waals surface area (Å²) in [7, 11) is 0. The fraction of sp³-hybridized carbons (Fsp3) is 0.412. The normalized spacial score (nSPS) is 15.8. The summed E-state index contributed by atoms with van der Waals surface area (Å²) in [5.74, 6) is 1.25. The van der Waals surface area contributed by atoms with Gasteiger partial charge in [0.05, 0.1) is 17.7 Å². The third kappa shape index (κ3) is 4.08. The first-order valence-corrected chi connectivity index (χ1v) is 9.15. The van der Waals surface area contributed by atoms with Crippen LogP contribution < -0.4 is 14.8 Å². The molecule has 0 spiro atoms. The minimum absolute atomic E-state index is 0.116. The summed E-state index contributed by atoms with van der Waals surface area (Å²) in [6.45, 7) is 7.53. The molecule has 1 aliphatic heterocycles. The Kier molecular flexibility index (Phi) is 6.62. The lowest BCUT2D eigenvalue weighted by molar-refractivity contribution is -0.122. The van der Waals surface area contributed by atoms with E-state index in [1.807, 2.05) is 32.9 Å². The van der Waals surface area contributed by atoms with Crippen molar-refractivity contribution in [2.45, 2.75) is 27.2 Å². The molecule has 0 bridgehead atoms. The zero-order valence-corrected chi connectivity index (χ0v) is 16.4. The highest BCUT2D eigenvalue weighted by molar-refractivity contribution is 9.10. The fourth-order valence-electron chi connectivity index (χ4n) is 2.36. The molecule has 1 aromatic rings. The molecule has 0 saturated carbocycles. The summed E-state index contributed by atoms with van der Waals surface area (Å²) in [6.07, 6.45) is 2.61. The van der Waals surface area contributed by atoms with Crippen LogP contribution in [0, 0.1) is 0 Å². The van der Waals surface area contributed by atoms with E-state index in [2.05, 4.69) is 21.2 Å². The molecule has 130 valence electrons. The van der Waals surface area contributed by atoms with Crippen molar-refractivity contribution >= 4 is 45.2 Å². The van der Waals surface area contributed by atoms with Gasteiger partial charge in [-0.15, -0.1) is 0 Å². The molecule has 1 fully saturated rings. The van der Waals surface area contributed by atoms with Gasteiger partial charge >= 0.3 is 0 Å². The third-order valence-corrected chi connectivity index (χ3v) is 4.32. The van der Waals surface area contributed by atoms with E-state index < -0.39 is 0 Å². The molecule has 0 aromatic heterocycles. The molecule has 0 unspecified atom stereocenters. The van der Waals surface area contributed by atoms with Crippen molar-refractivity contribution in [3.8, 4) is 11.5 Å². The van der Waals surface area contributed by atoms with Gasteiger partial charge in [0, 0.05) is 18.2 Å². The quantitative estimate of drug-likeness (QED) is 0.546. The van der Waals surface area contributed by atoms with Gasteiger partial charge in [0.2, 0.25) is 0 Å². The van der Waals surface area contributed by atoms with Crippen LogP contribution in [0.3, 0.4) is 0 Å². The van der Waals surface area contributed by atoms with Crippen LogP contribution in [0.25, 0.3) is 6.08 Å². The van der Waals surface area contributed by atoms with Crippen molar-refractivity contribution in [3.63, 3.8) is 0 Å². The van der Waals surface area contributed by atoms with E-state index in [1.165, 1.54) is 0 Å². The Labute approximate surface area is 156 Å². The Bertz CT molecular complexity index is 676. The van der Waals surface area contributed by atoms with E-state index in [-0.39, 0.29) is 5.91 Å². The first-order valence-electron chi connectivity index (χ1n) is 7.95. The Hall–Kier alpha value is -1.60. The molecular formula is C17H21BrN2O3S. The Morgan fingerprint density at radius 1 is 1.21 bits per heavy atom. The summed E-state index contributed by atoms with van der Waals surface area (Å²) in [5, 5.41) is 3.42. The second-order valence-corrected chi connectivity index (χ2v) is 6.37. The summed E-state index contributed by atoms with van der Waals surface area (Å²) < 4.78 is 12.1. The standard InChI is InChI=1S/C17H21BrN2O3S/c1-4-7-20-16(21)13(19-17(20)24)9-11-8-12(18)15(23-6-3)10-14(11)22-5-2/h8-10H,4-7H2,1-3H3,(H,19,24). The highest BCUT2D eigenvalue weighted by atomic mass is 79.9. The SMILES string of the molecule is CCCN1C(=O)C(=Cc2cc(Br)c(OCC)cc2OCC)NC1=S. The number of halogens is 1. The molecule has 1 heterocycles. The molecule has 5 nitrogen and oxygen atoms in total. The third-order valence-electron chi connectivity index (χ3n) is 3.37. The predicted octanol–water partition coefficient (Wildman–Crippen LogP) is 3.71. The van der Waals surface area contributed by atoms with Gasteiger partial charge in [0.25, 0.3) is 5.91 Å². The van der Waals surface area contributed by atoms with Gasteiger partial charge in [0.1, 0.15) is 17.2 Å². The van der Waals surface area contributed by atoms with E-state index in [9.17, 15) is 4.79 Å². The number of thiocarbonyl (C=S) groups is 1. The molecular weight excluding hydrogens is 392 g/mol. The lowest BCUT2D eigenvalue weighted by atomic mass is 10.1. The first-order chi connectivity index (χ1) is 11.5. The zero-order chi connectivity index (χ0) is 17.7. The van der Waals surface area contributed by atoms with Crippen LogP contribution in [0.15, 0.2) is 22.3 Å². The fourth-order valence-corrected chi connectivity index (χ4v) is 3.12. The molecule has 7 heteroatoms. The maximum Gasteiger partial charge on any atom is 0.276 e. The van der Waals surface area contributed by atoms with E-state index in [0.717, 1.165) is 16.5 Å². The summed E-state index contributed by atoms with van der Waals surface area (Å²) in [6, 6.07) is 3.70. The van der Waals surface area contributed by atoms with Gasteiger partial charge in [-0.25, -0.2) is 0 Å². The van der Waals surface area contributed by atoms with Crippen LogP contribution in [0.5, 0.6) is 11.5 Å². The molecule has 0 aliphatic carbocycles. The van der Waals surface area contributed by atoms with E-state index in [1.54, 1.807) is 11.0 Å². The number of nitrogens with zero attached hydrogens (tertiary/aromatic N) is 1. The van der Waals surface area contributed by atoms with Gasteiger partial charge in [-0.2, -0.15) is 0 Å². The number of benzene rings is 1. The monoisotopic (exact) mass is 412 g/mol. The maximum absolute atomic E-state index is 12.5. The van der Waals surface area contributed by atoms with Crippen molar-refractivity contribution in [2.24, 2.45) is 0 Å². The van der Waals surface area contributed by atoms with Crippen molar-refractivity contribution < 1.29 is 14.3 Å². The molecule has 1 N–H and O–H groups in total. The molecule has 1 aliphatic rings. The van der Waals surface area contributed by atoms with E-state index in [4.69, 9.17) is 21.7 Å². The Morgan fingerprint density at radius 2 is 1.88 bits per heavy atom.